The minimum Gasteiger partial charge on any atom is -0.481 e. The number of carboxylic acid groups (broad SMARTS) is 1. The van der Waals surface area contributed by atoms with Crippen LogP contribution < -0.4 is 0 Å². The number of imidazole rings is 1. The van der Waals surface area contributed by atoms with Crippen LogP contribution in [0.25, 0.3) is 5.65 Å². The average molecular weight is 336 g/mol. The van der Waals surface area contributed by atoms with Crippen molar-refractivity contribution >= 4 is 23.1 Å². The summed E-state index contributed by atoms with van der Waals surface area (Å²) in [6.45, 7) is 7.99. The summed E-state index contributed by atoms with van der Waals surface area (Å²) in [4.78, 5) is 15.6. The molecule has 6 heteroatoms. The number of carbonyl (C=O) groups is 1. The second kappa shape index (κ2) is 6.47. The Kier molecular flexibility index (Phi) is 4.35. The second-order valence-electron chi connectivity index (χ2n) is 6.33. The highest BCUT2D eigenvalue weighted by Gasteiger charge is 2.15. The molecule has 0 spiro atoms. The van der Waals surface area contributed by atoms with E-state index in [1.54, 1.807) is 4.40 Å². The van der Waals surface area contributed by atoms with E-state index < -0.39 is 5.97 Å². The van der Waals surface area contributed by atoms with E-state index in [2.05, 4.69) is 27.3 Å². The molecular formula is C19H20N4O2. The molecule has 0 atom stereocenters. The van der Waals surface area contributed by atoms with Gasteiger partial charge in [0.25, 0.3) is 0 Å². The van der Waals surface area contributed by atoms with Crippen molar-refractivity contribution in [1.82, 2.24) is 9.38 Å². The van der Waals surface area contributed by atoms with Crippen molar-refractivity contribution in [3.63, 3.8) is 0 Å². The lowest BCUT2D eigenvalue weighted by atomic mass is 10.1. The molecule has 0 aliphatic carbocycles. The van der Waals surface area contributed by atoms with E-state index in [0.29, 0.717) is 17.2 Å². The summed E-state index contributed by atoms with van der Waals surface area (Å²) in [7, 11) is 0. The number of hydrogen-bond donors (Lipinski definition) is 1. The van der Waals surface area contributed by atoms with Gasteiger partial charge in [-0.25, -0.2) is 4.98 Å². The first-order chi connectivity index (χ1) is 11.8. The zero-order chi connectivity index (χ0) is 18.1. The van der Waals surface area contributed by atoms with Crippen LogP contribution in [0, 0.1) is 27.7 Å². The topological polar surface area (TPSA) is 79.3 Å². The van der Waals surface area contributed by atoms with Crippen molar-refractivity contribution < 1.29 is 9.90 Å². The molecule has 1 N–H and O–H groups in total. The van der Waals surface area contributed by atoms with Crippen LogP contribution in [0.15, 0.2) is 40.7 Å². The molecule has 2 aromatic heterocycles. The zero-order valence-corrected chi connectivity index (χ0v) is 14.7. The molecular weight excluding hydrogens is 316 g/mol. The lowest BCUT2D eigenvalue weighted by Gasteiger charge is -2.05. The van der Waals surface area contributed by atoms with Crippen molar-refractivity contribution in [3.05, 3.63) is 58.4 Å². The summed E-state index contributed by atoms with van der Waals surface area (Å²) in [6.07, 6.45) is 1.65. The average Bonchev–Trinajstić information content (AvgIpc) is 2.81. The number of hydrogen-bond acceptors (Lipinski definition) is 4. The molecule has 128 valence electrons. The molecule has 25 heavy (non-hydrogen) atoms. The van der Waals surface area contributed by atoms with Crippen molar-refractivity contribution in [2.75, 3.05) is 0 Å². The van der Waals surface area contributed by atoms with Gasteiger partial charge >= 0.3 is 5.97 Å². The number of fused-ring (bicyclic) bond motifs is 1. The molecule has 3 aromatic rings. The minimum atomic E-state index is -0.945. The van der Waals surface area contributed by atoms with Gasteiger partial charge in [0.05, 0.1) is 17.8 Å². The maximum Gasteiger partial charge on any atom is 0.309 e. The third kappa shape index (κ3) is 3.42. The van der Waals surface area contributed by atoms with Crippen LogP contribution in [0.2, 0.25) is 0 Å². The van der Waals surface area contributed by atoms with Crippen molar-refractivity contribution in [2.24, 2.45) is 10.2 Å². The Labute approximate surface area is 145 Å². The van der Waals surface area contributed by atoms with Crippen LogP contribution in [-0.4, -0.2) is 20.5 Å². The van der Waals surface area contributed by atoms with Gasteiger partial charge in [0.15, 0.2) is 5.82 Å². The largest absolute Gasteiger partial charge is 0.481 e. The van der Waals surface area contributed by atoms with Crippen molar-refractivity contribution in [1.29, 1.82) is 0 Å². The van der Waals surface area contributed by atoms with Gasteiger partial charge in [-0.15, -0.1) is 10.2 Å². The lowest BCUT2D eigenvalue weighted by Crippen LogP contribution is -2.00. The molecule has 2 heterocycles. The van der Waals surface area contributed by atoms with E-state index in [-0.39, 0.29) is 6.42 Å². The first-order valence-corrected chi connectivity index (χ1v) is 8.04. The van der Waals surface area contributed by atoms with Gasteiger partial charge in [-0.05, 0) is 56.5 Å². The van der Waals surface area contributed by atoms with Crippen molar-refractivity contribution in [2.45, 2.75) is 34.1 Å². The number of pyridine rings is 1. The quantitative estimate of drug-likeness (QED) is 0.707. The summed E-state index contributed by atoms with van der Waals surface area (Å²) in [6, 6.07) is 7.93. The number of nitrogens with zero attached hydrogens (tertiary/aromatic N) is 4. The lowest BCUT2D eigenvalue weighted by molar-refractivity contribution is -0.136. The third-order valence-electron chi connectivity index (χ3n) is 4.02. The Morgan fingerprint density at radius 1 is 1.08 bits per heavy atom. The molecule has 6 nitrogen and oxygen atoms in total. The number of aromatic nitrogens is 2. The third-order valence-corrected chi connectivity index (χ3v) is 4.02. The summed E-state index contributed by atoms with van der Waals surface area (Å²) in [5, 5.41) is 17.9. The standard InChI is InChI=1S/C19H20N4O2/c1-11-5-6-23-16(9-11)20-15(10-17(24)25)19(23)22-21-18-13(3)7-12(2)8-14(18)4/h5-9H,10H2,1-4H3,(H,24,25). The number of azo groups is 1. The number of rotatable bonds is 4. The van der Waals surface area contributed by atoms with Crippen molar-refractivity contribution in [3.8, 4) is 0 Å². The smallest absolute Gasteiger partial charge is 0.309 e. The molecule has 0 bridgehead atoms. The molecule has 3 rings (SSSR count). The fraction of sp³-hybridized carbons (Fsp3) is 0.263. The van der Waals surface area contributed by atoms with Crippen LogP contribution in [0.3, 0.4) is 0 Å². The highest BCUT2D eigenvalue weighted by Crippen LogP contribution is 2.29. The van der Waals surface area contributed by atoms with Crippen LogP contribution in [0.1, 0.15) is 27.9 Å². The fourth-order valence-electron chi connectivity index (χ4n) is 2.98. The monoisotopic (exact) mass is 336 g/mol. The first-order valence-electron chi connectivity index (χ1n) is 8.04. The molecule has 0 saturated carbocycles. The number of carboxylic acids is 1. The summed E-state index contributed by atoms with van der Waals surface area (Å²) < 4.78 is 1.77. The molecule has 1 aromatic carbocycles. The normalized spacial score (nSPS) is 11.5. The molecule has 0 unspecified atom stereocenters. The van der Waals surface area contributed by atoms with E-state index in [0.717, 1.165) is 22.4 Å². The molecule has 0 aliphatic rings. The van der Waals surface area contributed by atoms with Gasteiger partial charge in [-0.3, -0.25) is 9.20 Å². The Morgan fingerprint density at radius 3 is 2.40 bits per heavy atom. The second-order valence-corrected chi connectivity index (χ2v) is 6.33. The van der Waals surface area contributed by atoms with Gasteiger partial charge in [-0.1, -0.05) is 17.7 Å². The number of benzene rings is 1. The SMILES string of the molecule is Cc1cc(C)c(N=Nc2c(CC(=O)O)nc3cc(C)ccn23)c(C)c1. The highest BCUT2D eigenvalue weighted by atomic mass is 16.4. The van der Waals surface area contributed by atoms with Gasteiger partial charge < -0.3 is 5.11 Å². The van der Waals surface area contributed by atoms with E-state index >= 15 is 0 Å². The minimum absolute atomic E-state index is 0.194. The number of aryl methyl sites for hydroxylation is 4. The molecule has 0 aliphatic heterocycles. The maximum absolute atomic E-state index is 11.2. The molecule has 0 amide bonds. The van der Waals surface area contributed by atoms with Gasteiger partial charge in [0.1, 0.15) is 5.65 Å². The predicted octanol–water partition coefficient (Wildman–Crippen LogP) is 4.61. The van der Waals surface area contributed by atoms with Crippen LogP contribution in [-0.2, 0) is 11.2 Å². The summed E-state index contributed by atoms with van der Waals surface area (Å²) >= 11 is 0. The molecule has 0 saturated heterocycles. The van der Waals surface area contributed by atoms with Gasteiger partial charge in [-0.2, -0.15) is 0 Å². The van der Waals surface area contributed by atoms with E-state index in [4.69, 9.17) is 5.11 Å². The van der Waals surface area contributed by atoms with E-state index in [1.807, 2.05) is 46.0 Å². The number of aliphatic carboxylic acids is 1. The Bertz CT molecular complexity index is 979. The predicted molar refractivity (Wildman–Crippen MR) is 96.1 cm³/mol. The van der Waals surface area contributed by atoms with E-state index in [1.165, 1.54) is 5.56 Å². The molecule has 0 fully saturated rings. The Morgan fingerprint density at radius 2 is 1.76 bits per heavy atom. The van der Waals surface area contributed by atoms with Gasteiger partial charge in [0.2, 0.25) is 0 Å². The summed E-state index contributed by atoms with van der Waals surface area (Å²) in [5.74, 6) is -0.490. The fourth-order valence-corrected chi connectivity index (χ4v) is 2.98. The molecule has 0 radical (unpaired) electrons. The summed E-state index contributed by atoms with van der Waals surface area (Å²) in [5.41, 5.74) is 6.16. The highest BCUT2D eigenvalue weighted by molar-refractivity contribution is 5.72. The van der Waals surface area contributed by atoms with Crippen LogP contribution in [0.5, 0.6) is 0 Å². The zero-order valence-electron chi connectivity index (χ0n) is 14.7. The Hall–Kier alpha value is -3.02. The first kappa shape index (κ1) is 16.8. The van der Waals surface area contributed by atoms with Crippen LogP contribution >= 0.6 is 0 Å². The van der Waals surface area contributed by atoms with Crippen LogP contribution in [0.4, 0.5) is 11.5 Å². The Balaban J connectivity index is 2.13. The van der Waals surface area contributed by atoms with Gasteiger partial charge in [0, 0.05) is 6.20 Å². The maximum atomic E-state index is 11.2. The van der Waals surface area contributed by atoms with E-state index in [9.17, 15) is 4.79 Å².